The predicted octanol–water partition coefficient (Wildman–Crippen LogP) is 2.18. The zero-order valence-electron chi connectivity index (χ0n) is 11.2. The summed E-state index contributed by atoms with van der Waals surface area (Å²) >= 11 is 3.49. The number of nitrogens with zero attached hydrogens (tertiary/aromatic N) is 2. The van der Waals surface area contributed by atoms with Crippen molar-refractivity contribution in [3.8, 4) is 0 Å². The van der Waals surface area contributed by atoms with Gasteiger partial charge in [-0.25, -0.2) is 0 Å². The molecule has 1 fully saturated rings. The van der Waals surface area contributed by atoms with Crippen molar-refractivity contribution in [2.75, 3.05) is 45.2 Å². The molecule has 1 unspecified atom stereocenters. The van der Waals surface area contributed by atoms with E-state index in [9.17, 15) is 0 Å². The largest absolute Gasteiger partial charge is 0.369 e. The number of benzene rings is 1. The van der Waals surface area contributed by atoms with Gasteiger partial charge in [0.2, 0.25) is 0 Å². The van der Waals surface area contributed by atoms with Gasteiger partial charge < -0.3 is 10.2 Å². The molecule has 0 aliphatic carbocycles. The first-order chi connectivity index (χ1) is 8.70. The molecule has 1 aliphatic heterocycles. The monoisotopic (exact) mass is 311 g/mol. The van der Waals surface area contributed by atoms with Crippen molar-refractivity contribution in [3.63, 3.8) is 0 Å². The van der Waals surface area contributed by atoms with Crippen LogP contribution in [0.4, 0.5) is 5.69 Å². The predicted molar refractivity (Wildman–Crippen MR) is 81.3 cm³/mol. The number of likely N-dealkylation sites (N-methyl/N-ethyl adjacent to an activating group) is 1. The number of halogens is 1. The fourth-order valence-corrected chi connectivity index (χ4v) is 2.72. The van der Waals surface area contributed by atoms with Crippen molar-refractivity contribution < 1.29 is 0 Å². The third-order valence-electron chi connectivity index (χ3n) is 3.70. The fraction of sp³-hybridized carbons (Fsp3) is 0.571. The Morgan fingerprint density at radius 2 is 2.00 bits per heavy atom. The standard InChI is InChI=1S/C14H22BrN3/c1-16-8-7-14-11-18(10-9-17(14)2)13-5-3-12(15)4-6-13/h3-6,14,16H,7-11H2,1-2H3. The van der Waals surface area contributed by atoms with E-state index in [0.717, 1.165) is 30.7 Å². The lowest BCUT2D eigenvalue weighted by molar-refractivity contribution is 0.208. The first kappa shape index (κ1) is 13.8. The maximum Gasteiger partial charge on any atom is 0.0367 e. The molecule has 4 heteroatoms. The average Bonchev–Trinajstić information content (AvgIpc) is 2.39. The van der Waals surface area contributed by atoms with E-state index in [1.165, 1.54) is 12.1 Å². The molecule has 100 valence electrons. The normalized spacial score (nSPS) is 21.3. The topological polar surface area (TPSA) is 18.5 Å². The molecule has 2 rings (SSSR count). The molecular weight excluding hydrogens is 290 g/mol. The second-order valence-corrected chi connectivity index (χ2v) is 5.86. The summed E-state index contributed by atoms with van der Waals surface area (Å²) < 4.78 is 1.15. The van der Waals surface area contributed by atoms with Crippen molar-refractivity contribution in [1.29, 1.82) is 0 Å². The van der Waals surface area contributed by atoms with Crippen molar-refractivity contribution in [2.45, 2.75) is 12.5 Å². The summed E-state index contributed by atoms with van der Waals surface area (Å²) in [7, 11) is 4.26. The zero-order valence-corrected chi connectivity index (χ0v) is 12.8. The number of hydrogen-bond acceptors (Lipinski definition) is 3. The Morgan fingerprint density at radius 1 is 1.28 bits per heavy atom. The van der Waals surface area contributed by atoms with Crippen molar-refractivity contribution >= 4 is 21.6 Å². The van der Waals surface area contributed by atoms with E-state index in [-0.39, 0.29) is 0 Å². The SMILES string of the molecule is CNCCC1CN(c2ccc(Br)cc2)CCN1C. The molecule has 0 amide bonds. The number of piperazine rings is 1. The molecule has 1 N–H and O–H groups in total. The molecule has 1 aliphatic rings. The number of rotatable bonds is 4. The number of anilines is 1. The van der Waals surface area contributed by atoms with E-state index in [1.807, 2.05) is 7.05 Å². The Labute approximate surface area is 118 Å². The van der Waals surface area contributed by atoms with Crippen LogP contribution in [0.2, 0.25) is 0 Å². The summed E-state index contributed by atoms with van der Waals surface area (Å²) in [5.74, 6) is 0. The van der Waals surface area contributed by atoms with Crippen LogP contribution in [-0.4, -0.2) is 51.2 Å². The second kappa shape index (κ2) is 6.55. The quantitative estimate of drug-likeness (QED) is 0.919. The zero-order chi connectivity index (χ0) is 13.0. The minimum atomic E-state index is 0.648. The average molecular weight is 312 g/mol. The smallest absolute Gasteiger partial charge is 0.0367 e. The van der Waals surface area contributed by atoms with Crippen LogP contribution in [0.25, 0.3) is 0 Å². The molecule has 0 aromatic heterocycles. The van der Waals surface area contributed by atoms with Gasteiger partial charge in [-0.2, -0.15) is 0 Å². The maximum atomic E-state index is 3.49. The molecule has 3 nitrogen and oxygen atoms in total. The van der Waals surface area contributed by atoms with Gasteiger partial charge in [0.1, 0.15) is 0 Å². The van der Waals surface area contributed by atoms with E-state index in [0.29, 0.717) is 6.04 Å². The highest BCUT2D eigenvalue weighted by Gasteiger charge is 2.23. The van der Waals surface area contributed by atoms with Crippen molar-refractivity contribution in [3.05, 3.63) is 28.7 Å². The lowest BCUT2D eigenvalue weighted by Gasteiger charge is -2.40. The van der Waals surface area contributed by atoms with E-state index >= 15 is 0 Å². The Hall–Kier alpha value is -0.580. The Bertz CT molecular complexity index is 366. The lowest BCUT2D eigenvalue weighted by Crippen LogP contribution is -2.52. The highest BCUT2D eigenvalue weighted by atomic mass is 79.9. The first-order valence-electron chi connectivity index (χ1n) is 6.56. The molecule has 1 aromatic carbocycles. The maximum absolute atomic E-state index is 3.49. The molecule has 0 bridgehead atoms. The van der Waals surface area contributed by atoms with Gasteiger partial charge in [-0.15, -0.1) is 0 Å². The number of hydrogen-bond donors (Lipinski definition) is 1. The summed E-state index contributed by atoms with van der Waals surface area (Å²) in [6.07, 6.45) is 1.21. The van der Waals surface area contributed by atoms with Crippen LogP contribution < -0.4 is 10.2 Å². The fourth-order valence-electron chi connectivity index (χ4n) is 2.46. The molecule has 1 heterocycles. The molecule has 1 aromatic rings. The summed E-state index contributed by atoms with van der Waals surface area (Å²) in [5.41, 5.74) is 1.33. The lowest BCUT2D eigenvalue weighted by atomic mass is 10.1. The van der Waals surface area contributed by atoms with Gasteiger partial charge in [-0.3, -0.25) is 4.90 Å². The minimum Gasteiger partial charge on any atom is -0.369 e. The van der Waals surface area contributed by atoms with E-state index in [4.69, 9.17) is 0 Å². The van der Waals surface area contributed by atoms with Crippen molar-refractivity contribution in [2.24, 2.45) is 0 Å². The molecule has 1 atom stereocenters. The van der Waals surface area contributed by atoms with Crippen LogP contribution in [0.15, 0.2) is 28.7 Å². The van der Waals surface area contributed by atoms with Gasteiger partial charge in [0.25, 0.3) is 0 Å². The molecule has 0 saturated carbocycles. The Balaban J connectivity index is 2.00. The van der Waals surface area contributed by atoms with Crippen LogP contribution in [-0.2, 0) is 0 Å². The number of nitrogens with one attached hydrogen (secondary N) is 1. The highest BCUT2D eigenvalue weighted by Crippen LogP contribution is 2.21. The summed E-state index contributed by atoms with van der Waals surface area (Å²) in [4.78, 5) is 4.97. The summed E-state index contributed by atoms with van der Waals surface area (Å²) in [6.45, 7) is 4.47. The van der Waals surface area contributed by atoms with Gasteiger partial charge in [0.05, 0.1) is 0 Å². The van der Waals surface area contributed by atoms with Crippen LogP contribution >= 0.6 is 15.9 Å². The van der Waals surface area contributed by atoms with Gasteiger partial charge in [0.15, 0.2) is 0 Å². The second-order valence-electron chi connectivity index (χ2n) is 4.95. The molecule has 18 heavy (non-hydrogen) atoms. The van der Waals surface area contributed by atoms with Crippen LogP contribution in [0.3, 0.4) is 0 Å². The molecular formula is C14H22BrN3. The van der Waals surface area contributed by atoms with E-state index in [2.05, 4.69) is 62.4 Å². The van der Waals surface area contributed by atoms with Crippen LogP contribution in [0.5, 0.6) is 0 Å². The third kappa shape index (κ3) is 3.46. The minimum absolute atomic E-state index is 0.648. The van der Waals surface area contributed by atoms with Crippen molar-refractivity contribution in [1.82, 2.24) is 10.2 Å². The Morgan fingerprint density at radius 3 is 2.67 bits per heavy atom. The van der Waals surface area contributed by atoms with Gasteiger partial charge in [-0.05, 0) is 51.3 Å². The van der Waals surface area contributed by atoms with Gasteiger partial charge in [0, 0.05) is 35.8 Å². The molecule has 0 spiro atoms. The highest BCUT2D eigenvalue weighted by molar-refractivity contribution is 9.10. The van der Waals surface area contributed by atoms with Crippen LogP contribution in [0.1, 0.15) is 6.42 Å². The molecule has 1 saturated heterocycles. The summed E-state index contributed by atoms with van der Waals surface area (Å²) in [6, 6.07) is 9.29. The molecule has 0 radical (unpaired) electrons. The van der Waals surface area contributed by atoms with Gasteiger partial charge in [-0.1, -0.05) is 15.9 Å². The third-order valence-corrected chi connectivity index (χ3v) is 4.23. The summed E-state index contributed by atoms with van der Waals surface area (Å²) in [5, 5.41) is 3.25. The van der Waals surface area contributed by atoms with Gasteiger partial charge >= 0.3 is 0 Å². The van der Waals surface area contributed by atoms with E-state index in [1.54, 1.807) is 0 Å². The Kier molecular flexibility index (Phi) is 5.03. The van der Waals surface area contributed by atoms with E-state index < -0.39 is 0 Å². The first-order valence-corrected chi connectivity index (χ1v) is 7.35. The van der Waals surface area contributed by atoms with Crippen LogP contribution in [0, 0.1) is 0 Å².